The largest absolute Gasteiger partial charge is 0.367 e. The smallest absolute Gasteiger partial charge is 0.113 e. The number of hydrogen-bond acceptors (Lipinski definition) is 2. The first-order chi connectivity index (χ1) is 4.63. The Hall–Kier alpha value is -1.06. The third-order valence-corrected chi connectivity index (χ3v) is 0.632. The molecular formula is C6H14N4. The summed E-state index contributed by atoms with van der Waals surface area (Å²) in [6.07, 6.45) is 3.28. The average Bonchev–Trinajstić information content (AvgIpc) is 1.79. The Bertz CT molecular complexity index is 110. The second-order valence-corrected chi connectivity index (χ2v) is 2.39. The van der Waals surface area contributed by atoms with Crippen molar-refractivity contribution < 1.29 is 0 Å². The lowest BCUT2D eigenvalue weighted by atomic mass is 10.9. The minimum absolute atomic E-state index is 1.64. The SMILES string of the molecule is CN(C)/C=N\N=C/N(C)C. The molecule has 0 fully saturated rings. The second kappa shape index (κ2) is 4.78. The number of nitrogens with zero attached hydrogens (tertiary/aromatic N) is 4. The maximum Gasteiger partial charge on any atom is 0.113 e. The van der Waals surface area contributed by atoms with E-state index in [9.17, 15) is 0 Å². The van der Waals surface area contributed by atoms with Crippen LogP contribution in [0, 0.1) is 0 Å². The summed E-state index contributed by atoms with van der Waals surface area (Å²) in [7, 11) is 7.59. The van der Waals surface area contributed by atoms with Gasteiger partial charge in [-0.3, -0.25) is 0 Å². The molecule has 0 saturated carbocycles. The Morgan fingerprint density at radius 2 is 1.10 bits per heavy atom. The molecule has 0 N–H and O–H groups in total. The van der Waals surface area contributed by atoms with Crippen molar-refractivity contribution in [1.29, 1.82) is 0 Å². The molecule has 0 aromatic carbocycles. The molecule has 4 heteroatoms. The zero-order valence-corrected chi connectivity index (χ0v) is 6.94. The molecule has 0 saturated heterocycles. The third-order valence-electron chi connectivity index (χ3n) is 0.632. The van der Waals surface area contributed by atoms with Crippen LogP contribution in [0.3, 0.4) is 0 Å². The summed E-state index contributed by atoms with van der Waals surface area (Å²) < 4.78 is 0. The highest BCUT2D eigenvalue weighted by atomic mass is 15.3. The zero-order valence-electron chi connectivity index (χ0n) is 6.94. The second-order valence-electron chi connectivity index (χ2n) is 2.39. The van der Waals surface area contributed by atoms with E-state index in [4.69, 9.17) is 0 Å². The number of hydrogen-bond donors (Lipinski definition) is 0. The number of rotatable bonds is 3. The molecular weight excluding hydrogens is 128 g/mol. The van der Waals surface area contributed by atoms with E-state index >= 15 is 0 Å². The zero-order chi connectivity index (χ0) is 7.98. The van der Waals surface area contributed by atoms with Crippen molar-refractivity contribution in [2.45, 2.75) is 0 Å². The highest BCUT2D eigenvalue weighted by Gasteiger charge is 1.74. The first kappa shape index (κ1) is 8.94. The van der Waals surface area contributed by atoms with E-state index in [-0.39, 0.29) is 0 Å². The summed E-state index contributed by atoms with van der Waals surface area (Å²) in [4.78, 5) is 3.65. The van der Waals surface area contributed by atoms with Crippen molar-refractivity contribution in [3.63, 3.8) is 0 Å². The molecule has 0 aliphatic carbocycles. The quantitative estimate of drug-likeness (QED) is 0.317. The molecule has 0 heterocycles. The maximum absolute atomic E-state index is 3.74. The average molecular weight is 142 g/mol. The van der Waals surface area contributed by atoms with E-state index < -0.39 is 0 Å². The Labute approximate surface area is 61.8 Å². The molecule has 0 spiro atoms. The molecule has 0 radical (unpaired) electrons. The van der Waals surface area contributed by atoms with E-state index in [1.807, 2.05) is 38.0 Å². The standard InChI is InChI=1S/C6H14N4/c1-9(2)5-7-8-6-10(3)4/h5-6H,1-4H3/b7-5-,8-6-. The summed E-state index contributed by atoms with van der Waals surface area (Å²) >= 11 is 0. The van der Waals surface area contributed by atoms with Crippen LogP contribution >= 0.6 is 0 Å². The molecule has 0 unspecified atom stereocenters. The summed E-state index contributed by atoms with van der Waals surface area (Å²) in [5, 5.41) is 7.48. The maximum atomic E-state index is 3.74. The van der Waals surface area contributed by atoms with Gasteiger partial charge in [0, 0.05) is 28.2 Å². The van der Waals surface area contributed by atoms with Crippen LogP contribution in [0.25, 0.3) is 0 Å². The Kier molecular flexibility index (Phi) is 4.28. The topological polar surface area (TPSA) is 31.2 Å². The molecule has 0 rings (SSSR count). The highest BCUT2D eigenvalue weighted by molar-refractivity contribution is 5.57. The van der Waals surface area contributed by atoms with Gasteiger partial charge in [-0.05, 0) is 0 Å². The van der Waals surface area contributed by atoms with Gasteiger partial charge >= 0.3 is 0 Å². The molecule has 0 bridgehead atoms. The molecule has 0 aromatic rings. The van der Waals surface area contributed by atoms with Crippen molar-refractivity contribution in [2.75, 3.05) is 28.2 Å². The van der Waals surface area contributed by atoms with Crippen molar-refractivity contribution in [1.82, 2.24) is 9.80 Å². The van der Waals surface area contributed by atoms with E-state index in [1.165, 1.54) is 0 Å². The minimum Gasteiger partial charge on any atom is -0.367 e. The summed E-state index contributed by atoms with van der Waals surface area (Å²) in [5.41, 5.74) is 0. The molecule has 10 heavy (non-hydrogen) atoms. The van der Waals surface area contributed by atoms with Crippen molar-refractivity contribution >= 4 is 12.7 Å². The fraction of sp³-hybridized carbons (Fsp3) is 0.667. The first-order valence-corrected chi connectivity index (χ1v) is 3.02. The van der Waals surface area contributed by atoms with Gasteiger partial charge in [0.2, 0.25) is 0 Å². The van der Waals surface area contributed by atoms with Crippen molar-refractivity contribution in [3.8, 4) is 0 Å². The van der Waals surface area contributed by atoms with Crippen LogP contribution < -0.4 is 0 Å². The van der Waals surface area contributed by atoms with Gasteiger partial charge in [0.25, 0.3) is 0 Å². The molecule has 0 atom stereocenters. The molecule has 0 aromatic heterocycles. The molecule has 0 aliphatic heterocycles. The van der Waals surface area contributed by atoms with Gasteiger partial charge in [0.15, 0.2) is 0 Å². The lowest BCUT2D eigenvalue weighted by Gasteiger charge is -2.01. The van der Waals surface area contributed by atoms with Gasteiger partial charge in [-0.15, -0.1) is 10.2 Å². The van der Waals surface area contributed by atoms with E-state index in [0.29, 0.717) is 0 Å². The monoisotopic (exact) mass is 142 g/mol. The van der Waals surface area contributed by atoms with E-state index in [0.717, 1.165) is 0 Å². The Morgan fingerprint density at radius 1 is 0.800 bits per heavy atom. The predicted molar refractivity (Wildman–Crippen MR) is 44.4 cm³/mol. The van der Waals surface area contributed by atoms with Crippen LogP contribution in [0.2, 0.25) is 0 Å². The third kappa shape index (κ3) is 6.94. The van der Waals surface area contributed by atoms with Crippen LogP contribution in [-0.4, -0.2) is 50.7 Å². The molecule has 4 nitrogen and oxygen atoms in total. The normalized spacial score (nSPS) is 11.2. The summed E-state index contributed by atoms with van der Waals surface area (Å²) in [6.45, 7) is 0. The van der Waals surface area contributed by atoms with Gasteiger partial charge in [-0.2, -0.15) is 0 Å². The predicted octanol–water partition coefficient (Wildman–Crippen LogP) is 0.0812. The van der Waals surface area contributed by atoms with Crippen LogP contribution in [0.15, 0.2) is 10.2 Å². The van der Waals surface area contributed by atoms with Gasteiger partial charge in [-0.25, -0.2) is 0 Å². The van der Waals surface area contributed by atoms with E-state index in [2.05, 4.69) is 10.2 Å². The Balaban J connectivity index is 3.52. The fourth-order valence-electron chi connectivity index (χ4n) is 0.266. The van der Waals surface area contributed by atoms with Crippen molar-refractivity contribution in [3.05, 3.63) is 0 Å². The van der Waals surface area contributed by atoms with Crippen molar-refractivity contribution in [2.24, 2.45) is 10.2 Å². The lowest BCUT2D eigenvalue weighted by molar-refractivity contribution is 0.631. The lowest BCUT2D eigenvalue weighted by Crippen LogP contribution is -2.09. The summed E-state index contributed by atoms with van der Waals surface area (Å²) in [5.74, 6) is 0. The Morgan fingerprint density at radius 3 is 1.30 bits per heavy atom. The van der Waals surface area contributed by atoms with Crippen LogP contribution in [-0.2, 0) is 0 Å². The highest BCUT2D eigenvalue weighted by Crippen LogP contribution is 1.71. The fourth-order valence-corrected chi connectivity index (χ4v) is 0.266. The van der Waals surface area contributed by atoms with Gasteiger partial charge in [0.1, 0.15) is 12.7 Å². The molecule has 0 aliphatic rings. The van der Waals surface area contributed by atoms with Crippen LogP contribution in [0.5, 0.6) is 0 Å². The van der Waals surface area contributed by atoms with Gasteiger partial charge < -0.3 is 9.80 Å². The minimum atomic E-state index is 1.64. The molecule has 0 amide bonds. The molecule has 58 valence electrons. The van der Waals surface area contributed by atoms with Gasteiger partial charge in [0.05, 0.1) is 0 Å². The van der Waals surface area contributed by atoms with Gasteiger partial charge in [-0.1, -0.05) is 0 Å². The summed E-state index contributed by atoms with van der Waals surface area (Å²) in [6, 6.07) is 0. The van der Waals surface area contributed by atoms with Crippen LogP contribution in [0.1, 0.15) is 0 Å². The first-order valence-electron chi connectivity index (χ1n) is 3.02. The van der Waals surface area contributed by atoms with Crippen LogP contribution in [0.4, 0.5) is 0 Å². The van der Waals surface area contributed by atoms with E-state index in [1.54, 1.807) is 12.7 Å².